The molecule has 0 aromatic rings. The Morgan fingerprint density at radius 1 is 1.61 bits per heavy atom. The van der Waals surface area contributed by atoms with Gasteiger partial charge in [0, 0.05) is 13.2 Å². The molecule has 0 aliphatic carbocycles. The second kappa shape index (κ2) is 5.05. The smallest absolute Gasteiger partial charge is 0.194 e. The van der Waals surface area contributed by atoms with Gasteiger partial charge in [-0.05, 0) is 32.1 Å². The molecule has 1 saturated heterocycles. The lowest BCUT2D eigenvalue weighted by atomic mass is 9.90. The summed E-state index contributed by atoms with van der Waals surface area (Å²) in [5, 5.41) is 10.5. The van der Waals surface area contributed by atoms with Gasteiger partial charge in [0.25, 0.3) is 0 Å². The Labute approximate surface area is 109 Å². The lowest BCUT2D eigenvalue weighted by Gasteiger charge is -2.33. The summed E-state index contributed by atoms with van der Waals surface area (Å²) in [5.74, 6) is 0.921. The Balaban J connectivity index is 2.03. The summed E-state index contributed by atoms with van der Waals surface area (Å²) in [4.78, 5) is 6.27. The van der Waals surface area contributed by atoms with E-state index in [0.29, 0.717) is 18.4 Å². The number of aliphatic imine (C=N–C) groups is 1. The van der Waals surface area contributed by atoms with Gasteiger partial charge >= 0.3 is 0 Å². The molecule has 2 heterocycles. The molecule has 0 aromatic heterocycles. The fraction of sp³-hybridized carbons (Fsp3) is 0.923. The van der Waals surface area contributed by atoms with Gasteiger partial charge in [-0.25, -0.2) is 4.99 Å². The number of nitrogens with zero attached hydrogens (tertiary/aromatic N) is 2. The SMILES string of the molecule is CC(C)CC1(C)N=C(N)N(CC2CCCO2)C1O. The number of hydrogen-bond donors (Lipinski definition) is 2. The molecule has 0 aromatic carbocycles. The lowest BCUT2D eigenvalue weighted by molar-refractivity contribution is -0.0186. The zero-order chi connectivity index (χ0) is 13.3. The van der Waals surface area contributed by atoms with Gasteiger partial charge in [0.05, 0.1) is 6.10 Å². The molecule has 3 atom stereocenters. The van der Waals surface area contributed by atoms with Crippen LogP contribution >= 0.6 is 0 Å². The van der Waals surface area contributed by atoms with Crippen LogP contribution in [0.3, 0.4) is 0 Å². The Bertz CT molecular complexity index is 326. The quantitative estimate of drug-likeness (QED) is 0.783. The van der Waals surface area contributed by atoms with Crippen molar-refractivity contribution in [3.05, 3.63) is 0 Å². The standard InChI is InChI=1S/C13H25N3O2/c1-9(2)7-13(3)11(17)16(12(14)15-13)8-10-5-4-6-18-10/h9-11,17H,4-8H2,1-3H3,(H2,14,15). The van der Waals surface area contributed by atoms with E-state index >= 15 is 0 Å². The van der Waals surface area contributed by atoms with E-state index in [2.05, 4.69) is 18.8 Å². The van der Waals surface area contributed by atoms with Crippen LogP contribution < -0.4 is 5.73 Å². The number of aliphatic hydroxyl groups excluding tert-OH is 1. The average molecular weight is 255 g/mol. The summed E-state index contributed by atoms with van der Waals surface area (Å²) < 4.78 is 5.60. The van der Waals surface area contributed by atoms with Crippen molar-refractivity contribution in [2.24, 2.45) is 16.6 Å². The van der Waals surface area contributed by atoms with Crippen molar-refractivity contribution in [1.82, 2.24) is 4.90 Å². The van der Waals surface area contributed by atoms with Crippen molar-refractivity contribution in [3.63, 3.8) is 0 Å². The predicted molar refractivity (Wildman–Crippen MR) is 71.2 cm³/mol. The minimum Gasteiger partial charge on any atom is -0.376 e. The topological polar surface area (TPSA) is 71.1 Å². The Hall–Kier alpha value is -0.810. The van der Waals surface area contributed by atoms with Crippen molar-refractivity contribution in [1.29, 1.82) is 0 Å². The highest BCUT2D eigenvalue weighted by Gasteiger charge is 2.44. The Kier molecular flexibility index (Phi) is 3.82. The van der Waals surface area contributed by atoms with Gasteiger partial charge in [0.1, 0.15) is 5.54 Å². The van der Waals surface area contributed by atoms with Crippen LogP contribution in [0.15, 0.2) is 4.99 Å². The third-order valence-corrected chi connectivity index (χ3v) is 3.76. The van der Waals surface area contributed by atoms with Crippen molar-refractivity contribution in [3.8, 4) is 0 Å². The first-order chi connectivity index (χ1) is 8.42. The molecule has 2 rings (SSSR count). The average Bonchev–Trinajstić information content (AvgIpc) is 2.81. The second-order valence-corrected chi connectivity index (χ2v) is 6.09. The molecular weight excluding hydrogens is 230 g/mol. The van der Waals surface area contributed by atoms with Gasteiger partial charge in [-0.1, -0.05) is 13.8 Å². The molecule has 0 bridgehead atoms. The van der Waals surface area contributed by atoms with E-state index in [-0.39, 0.29) is 6.10 Å². The van der Waals surface area contributed by atoms with E-state index in [1.807, 2.05) is 6.92 Å². The second-order valence-electron chi connectivity index (χ2n) is 6.09. The molecule has 5 nitrogen and oxygen atoms in total. The number of nitrogens with two attached hydrogens (primary N) is 1. The molecule has 2 aliphatic heterocycles. The zero-order valence-corrected chi connectivity index (χ0v) is 11.6. The molecule has 0 spiro atoms. The van der Waals surface area contributed by atoms with E-state index in [9.17, 15) is 5.11 Å². The van der Waals surface area contributed by atoms with Crippen molar-refractivity contribution in [2.45, 2.75) is 57.9 Å². The van der Waals surface area contributed by atoms with Crippen LogP contribution in [0.2, 0.25) is 0 Å². The predicted octanol–water partition coefficient (Wildman–Crippen LogP) is 0.919. The van der Waals surface area contributed by atoms with E-state index in [1.54, 1.807) is 4.90 Å². The molecule has 18 heavy (non-hydrogen) atoms. The van der Waals surface area contributed by atoms with Crippen LogP contribution in [0.5, 0.6) is 0 Å². The molecule has 3 unspecified atom stereocenters. The maximum atomic E-state index is 10.5. The number of hydrogen-bond acceptors (Lipinski definition) is 5. The molecule has 0 radical (unpaired) electrons. The molecule has 0 amide bonds. The Morgan fingerprint density at radius 3 is 2.89 bits per heavy atom. The van der Waals surface area contributed by atoms with Gasteiger partial charge in [-0.15, -0.1) is 0 Å². The number of rotatable bonds is 4. The maximum Gasteiger partial charge on any atom is 0.194 e. The van der Waals surface area contributed by atoms with Gasteiger partial charge in [0.2, 0.25) is 0 Å². The number of ether oxygens (including phenoxy) is 1. The van der Waals surface area contributed by atoms with Gasteiger partial charge in [0.15, 0.2) is 12.2 Å². The number of aliphatic hydroxyl groups is 1. The van der Waals surface area contributed by atoms with E-state index in [1.165, 1.54) is 0 Å². The lowest BCUT2D eigenvalue weighted by Crippen LogP contribution is -2.50. The van der Waals surface area contributed by atoms with Crippen molar-refractivity contribution < 1.29 is 9.84 Å². The fourth-order valence-corrected chi connectivity index (χ4v) is 3.02. The molecule has 1 fully saturated rings. The van der Waals surface area contributed by atoms with Gasteiger partial charge < -0.3 is 20.5 Å². The minimum atomic E-state index is -0.635. The van der Waals surface area contributed by atoms with Crippen molar-refractivity contribution in [2.75, 3.05) is 13.2 Å². The highest BCUT2D eigenvalue weighted by atomic mass is 16.5. The van der Waals surface area contributed by atoms with Crippen LogP contribution in [0.1, 0.15) is 40.0 Å². The fourth-order valence-electron chi connectivity index (χ4n) is 3.02. The van der Waals surface area contributed by atoms with Gasteiger partial charge in [-0.2, -0.15) is 0 Å². The van der Waals surface area contributed by atoms with Crippen LogP contribution in [0, 0.1) is 5.92 Å². The minimum absolute atomic E-state index is 0.176. The zero-order valence-electron chi connectivity index (χ0n) is 11.6. The van der Waals surface area contributed by atoms with E-state index < -0.39 is 11.8 Å². The molecule has 2 aliphatic rings. The van der Waals surface area contributed by atoms with Crippen LogP contribution in [-0.4, -0.2) is 47.0 Å². The summed E-state index contributed by atoms with van der Waals surface area (Å²) in [6.45, 7) is 7.69. The largest absolute Gasteiger partial charge is 0.376 e. The van der Waals surface area contributed by atoms with Crippen LogP contribution in [-0.2, 0) is 4.74 Å². The highest BCUT2D eigenvalue weighted by molar-refractivity contribution is 5.81. The normalized spacial score (nSPS) is 36.5. The van der Waals surface area contributed by atoms with Gasteiger partial charge in [-0.3, -0.25) is 0 Å². The molecule has 5 heteroatoms. The first-order valence-electron chi connectivity index (χ1n) is 6.84. The summed E-state index contributed by atoms with van der Waals surface area (Å²) >= 11 is 0. The Morgan fingerprint density at radius 2 is 2.33 bits per heavy atom. The van der Waals surface area contributed by atoms with E-state index in [4.69, 9.17) is 10.5 Å². The molecule has 0 saturated carbocycles. The summed E-state index contributed by atoms with van der Waals surface area (Å²) in [5.41, 5.74) is 5.47. The monoisotopic (exact) mass is 255 g/mol. The summed E-state index contributed by atoms with van der Waals surface area (Å²) in [7, 11) is 0. The van der Waals surface area contributed by atoms with Crippen molar-refractivity contribution >= 4 is 5.96 Å². The third-order valence-electron chi connectivity index (χ3n) is 3.76. The third kappa shape index (κ3) is 2.62. The first kappa shape index (κ1) is 13.6. The molecule has 3 N–H and O–H groups in total. The molecule has 104 valence electrons. The highest BCUT2D eigenvalue weighted by Crippen LogP contribution is 2.32. The summed E-state index contributed by atoms with van der Waals surface area (Å²) in [6.07, 6.45) is 2.50. The summed E-state index contributed by atoms with van der Waals surface area (Å²) in [6, 6.07) is 0. The number of guanidine groups is 1. The molecular formula is C13H25N3O2. The van der Waals surface area contributed by atoms with Crippen LogP contribution in [0.25, 0.3) is 0 Å². The first-order valence-corrected chi connectivity index (χ1v) is 6.84. The van der Waals surface area contributed by atoms with Crippen LogP contribution in [0.4, 0.5) is 0 Å². The maximum absolute atomic E-state index is 10.5. The van der Waals surface area contributed by atoms with E-state index in [0.717, 1.165) is 25.9 Å².